The van der Waals surface area contributed by atoms with Crippen molar-refractivity contribution in [1.29, 1.82) is 0 Å². The van der Waals surface area contributed by atoms with Crippen molar-refractivity contribution in [2.45, 2.75) is 26.7 Å². The normalized spacial score (nSPS) is 11.2. The minimum absolute atomic E-state index is 0.409. The van der Waals surface area contributed by atoms with Gasteiger partial charge in [0.05, 0.1) is 11.9 Å². The third-order valence-electron chi connectivity index (χ3n) is 2.47. The number of nitrogens with zero attached hydrogens (tertiary/aromatic N) is 2. The number of aryl methyl sites for hydroxylation is 1. The molecular formula is C12H16F2N4S. The van der Waals surface area contributed by atoms with Gasteiger partial charge in [-0.1, -0.05) is 6.92 Å². The fourth-order valence-electron chi connectivity index (χ4n) is 1.67. The second-order valence-electron chi connectivity index (χ2n) is 4.17. The van der Waals surface area contributed by atoms with Crippen molar-refractivity contribution in [2.24, 2.45) is 0 Å². The van der Waals surface area contributed by atoms with Crippen LogP contribution in [0.25, 0.3) is 10.2 Å². The predicted octanol–water partition coefficient (Wildman–Crippen LogP) is 3.50. The molecule has 2 aromatic heterocycles. The summed E-state index contributed by atoms with van der Waals surface area (Å²) in [7, 11) is 0. The van der Waals surface area contributed by atoms with Crippen molar-refractivity contribution < 1.29 is 8.78 Å². The molecule has 19 heavy (non-hydrogen) atoms. The molecule has 2 rings (SSSR count). The molecule has 0 aliphatic heterocycles. The highest BCUT2D eigenvalue weighted by Crippen LogP contribution is 2.29. The second kappa shape index (κ2) is 6.10. The molecule has 0 unspecified atom stereocenters. The number of anilines is 2. The van der Waals surface area contributed by atoms with Gasteiger partial charge in [0.25, 0.3) is 6.43 Å². The zero-order valence-electron chi connectivity index (χ0n) is 10.8. The van der Waals surface area contributed by atoms with Crippen LogP contribution in [0.2, 0.25) is 0 Å². The highest BCUT2D eigenvalue weighted by molar-refractivity contribution is 7.18. The van der Waals surface area contributed by atoms with Crippen LogP contribution >= 0.6 is 11.3 Å². The Morgan fingerprint density at radius 1 is 1.32 bits per heavy atom. The lowest BCUT2D eigenvalue weighted by atomic mass is 10.3. The van der Waals surface area contributed by atoms with Gasteiger partial charge < -0.3 is 10.6 Å². The van der Waals surface area contributed by atoms with E-state index in [0.29, 0.717) is 11.8 Å². The topological polar surface area (TPSA) is 49.8 Å². The largest absolute Gasteiger partial charge is 0.364 e. The summed E-state index contributed by atoms with van der Waals surface area (Å²) in [5, 5.41) is 6.56. The molecule has 0 aromatic carbocycles. The summed E-state index contributed by atoms with van der Waals surface area (Å²) >= 11 is 1.53. The average molecular weight is 286 g/mol. The number of fused-ring (bicyclic) bond motifs is 1. The van der Waals surface area contributed by atoms with Crippen LogP contribution in [0.15, 0.2) is 6.07 Å². The van der Waals surface area contributed by atoms with Gasteiger partial charge in [0.2, 0.25) is 5.95 Å². The fraction of sp³-hybridized carbons (Fsp3) is 0.500. The van der Waals surface area contributed by atoms with Gasteiger partial charge in [-0.2, -0.15) is 4.98 Å². The van der Waals surface area contributed by atoms with Crippen LogP contribution in [-0.4, -0.2) is 29.5 Å². The summed E-state index contributed by atoms with van der Waals surface area (Å²) in [6, 6.07) is 1.91. The maximum atomic E-state index is 12.3. The zero-order valence-corrected chi connectivity index (χ0v) is 11.7. The molecule has 0 radical (unpaired) electrons. The van der Waals surface area contributed by atoms with E-state index in [2.05, 4.69) is 20.6 Å². The third-order valence-corrected chi connectivity index (χ3v) is 3.42. The Hall–Kier alpha value is -1.50. The number of nitrogens with one attached hydrogen (secondary N) is 2. The highest BCUT2D eigenvalue weighted by atomic mass is 32.1. The van der Waals surface area contributed by atoms with Crippen LogP contribution in [0.1, 0.15) is 18.2 Å². The van der Waals surface area contributed by atoms with E-state index in [9.17, 15) is 8.78 Å². The Balaban J connectivity index is 2.33. The standard InChI is InChI=1S/C12H16F2N4S/c1-3-4-15-12-17-10(16-6-9(13)14)8-5-7(2)19-11(8)18-12/h5,9H,3-4,6H2,1-2H3,(H2,15,16,17,18). The van der Waals surface area contributed by atoms with E-state index < -0.39 is 13.0 Å². The molecule has 0 aliphatic rings. The molecule has 0 spiro atoms. The van der Waals surface area contributed by atoms with E-state index in [1.807, 2.05) is 19.9 Å². The first-order chi connectivity index (χ1) is 9.10. The molecule has 2 N–H and O–H groups in total. The smallest absolute Gasteiger partial charge is 0.255 e. The predicted molar refractivity (Wildman–Crippen MR) is 75.4 cm³/mol. The van der Waals surface area contributed by atoms with Crippen molar-refractivity contribution in [3.8, 4) is 0 Å². The van der Waals surface area contributed by atoms with Gasteiger partial charge in [-0.25, -0.2) is 13.8 Å². The van der Waals surface area contributed by atoms with E-state index in [0.717, 1.165) is 28.1 Å². The summed E-state index contributed by atoms with van der Waals surface area (Å²) in [6.45, 7) is 4.34. The quantitative estimate of drug-likeness (QED) is 0.853. The molecule has 4 nitrogen and oxygen atoms in total. The van der Waals surface area contributed by atoms with Crippen LogP contribution in [0.4, 0.5) is 20.5 Å². The van der Waals surface area contributed by atoms with Crippen LogP contribution in [-0.2, 0) is 0 Å². The Kier molecular flexibility index (Phi) is 4.47. The Morgan fingerprint density at radius 2 is 2.11 bits per heavy atom. The number of alkyl halides is 2. The number of thiophene rings is 1. The summed E-state index contributed by atoms with van der Waals surface area (Å²) in [4.78, 5) is 10.5. The SMILES string of the molecule is CCCNc1nc(NCC(F)F)c2cc(C)sc2n1. The number of rotatable bonds is 6. The lowest BCUT2D eigenvalue weighted by Gasteiger charge is -2.09. The first-order valence-corrected chi connectivity index (χ1v) is 6.96. The maximum Gasteiger partial charge on any atom is 0.255 e. The molecule has 2 heterocycles. The summed E-state index contributed by atoms with van der Waals surface area (Å²) < 4.78 is 24.6. The Morgan fingerprint density at radius 3 is 2.79 bits per heavy atom. The van der Waals surface area contributed by atoms with Crippen LogP contribution in [0, 0.1) is 6.92 Å². The Labute approximate surface area is 114 Å². The highest BCUT2D eigenvalue weighted by Gasteiger charge is 2.11. The van der Waals surface area contributed by atoms with Gasteiger partial charge in [0.15, 0.2) is 0 Å². The van der Waals surface area contributed by atoms with Crippen molar-refractivity contribution in [2.75, 3.05) is 23.7 Å². The molecule has 0 aliphatic carbocycles. The first-order valence-electron chi connectivity index (χ1n) is 6.14. The number of aromatic nitrogens is 2. The molecule has 0 saturated heterocycles. The molecule has 7 heteroatoms. The monoisotopic (exact) mass is 286 g/mol. The molecular weight excluding hydrogens is 270 g/mol. The molecule has 2 aromatic rings. The second-order valence-corrected chi connectivity index (χ2v) is 5.41. The van der Waals surface area contributed by atoms with Crippen molar-refractivity contribution in [3.63, 3.8) is 0 Å². The van der Waals surface area contributed by atoms with Gasteiger partial charge in [-0.3, -0.25) is 0 Å². The molecule has 0 atom stereocenters. The molecule has 0 saturated carbocycles. The summed E-state index contributed by atoms with van der Waals surface area (Å²) in [5.74, 6) is 0.946. The lowest BCUT2D eigenvalue weighted by Crippen LogP contribution is -2.13. The van der Waals surface area contributed by atoms with Crippen molar-refractivity contribution in [1.82, 2.24) is 9.97 Å². The molecule has 0 fully saturated rings. The van der Waals surface area contributed by atoms with Gasteiger partial charge in [-0.05, 0) is 19.4 Å². The molecule has 0 amide bonds. The van der Waals surface area contributed by atoms with E-state index >= 15 is 0 Å². The van der Waals surface area contributed by atoms with Gasteiger partial charge >= 0.3 is 0 Å². The van der Waals surface area contributed by atoms with Crippen molar-refractivity contribution in [3.05, 3.63) is 10.9 Å². The Bertz CT molecular complexity index is 556. The number of hydrogen-bond donors (Lipinski definition) is 2. The van der Waals surface area contributed by atoms with E-state index in [1.54, 1.807) is 0 Å². The summed E-state index contributed by atoms with van der Waals surface area (Å²) in [6.07, 6.45) is -1.46. The number of hydrogen-bond acceptors (Lipinski definition) is 5. The van der Waals surface area contributed by atoms with Crippen LogP contribution < -0.4 is 10.6 Å². The number of halogens is 2. The minimum atomic E-state index is -2.41. The van der Waals surface area contributed by atoms with E-state index in [1.165, 1.54) is 11.3 Å². The van der Waals surface area contributed by atoms with Gasteiger partial charge in [-0.15, -0.1) is 11.3 Å². The third kappa shape index (κ3) is 3.50. The van der Waals surface area contributed by atoms with E-state index in [-0.39, 0.29) is 0 Å². The molecule has 104 valence electrons. The van der Waals surface area contributed by atoms with Gasteiger partial charge in [0.1, 0.15) is 10.6 Å². The maximum absolute atomic E-state index is 12.3. The van der Waals surface area contributed by atoms with Gasteiger partial charge in [0, 0.05) is 11.4 Å². The van der Waals surface area contributed by atoms with Crippen LogP contribution in [0.3, 0.4) is 0 Å². The van der Waals surface area contributed by atoms with Crippen molar-refractivity contribution >= 4 is 33.3 Å². The zero-order chi connectivity index (χ0) is 13.8. The first kappa shape index (κ1) is 13.9. The van der Waals surface area contributed by atoms with Crippen LogP contribution in [0.5, 0.6) is 0 Å². The molecule has 0 bridgehead atoms. The fourth-order valence-corrected chi connectivity index (χ4v) is 2.55. The summed E-state index contributed by atoms with van der Waals surface area (Å²) in [5.41, 5.74) is 0. The lowest BCUT2D eigenvalue weighted by molar-refractivity contribution is 0.163. The average Bonchev–Trinajstić information content (AvgIpc) is 2.73. The van der Waals surface area contributed by atoms with E-state index in [4.69, 9.17) is 0 Å². The minimum Gasteiger partial charge on any atom is -0.364 e.